The molecule has 17 heavy (non-hydrogen) atoms. The van der Waals surface area contributed by atoms with E-state index in [1.54, 1.807) is 20.8 Å². The molecule has 0 bridgehead atoms. The molecule has 0 aliphatic rings. The molecule has 6 heteroatoms. The highest BCUT2D eigenvalue weighted by Crippen LogP contribution is 2.22. The molecular formula is C11H12INO4. The van der Waals surface area contributed by atoms with E-state index in [4.69, 9.17) is 4.74 Å². The molecule has 5 nitrogen and oxygen atoms in total. The standard InChI is InChI=1S/C11H12INO4/c1-11(2,3)17-10(14)8-6-7(13(15)16)4-5-9(8)12/h4-6H,1-3H3. The van der Waals surface area contributed by atoms with Gasteiger partial charge in [-0.15, -0.1) is 0 Å². The zero-order chi connectivity index (χ0) is 13.2. The van der Waals surface area contributed by atoms with Crippen LogP contribution in [0.25, 0.3) is 0 Å². The molecule has 0 heterocycles. The van der Waals surface area contributed by atoms with E-state index in [0.29, 0.717) is 3.57 Å². The summed E-state index contributed by atoms with van der Waals surface area (Å²) in [6, 6.07) is 4.11. The van der Waals surface area contributed by atoms with E-state index in [1.807, 2.05) is 22.6 Å². The molecule has 0 aromatic heterocycles. The van der Waals surface area contributed by atoms with Gasteiger partial charge in [-0.2, -0.15) is 0 Å². The third-order valence-corrected chi connectivity index (χ3v) is 2.72. The van der Waals surface area contributed by atoms with Gasteiger partial charge in [0.25, 0.3) is 5.69 Å². The molecule has 0 spiro atoms. The zero-order valence-corrected chi connectivity index (χ0v) is 11.8. The quantitative estimate of drug-likeness (QED) is 0.356. The van der Waals surface area contributed by atoms with Gasteiger partial charge in [-0.05, 0) is 49.4 Å². The van der Waals surface area contributed by atoms with Crippen LogP contribution in [0.4, 0.5) is 5.69 Å². The number of benzene rings is 1. The Hall–Kier alpha value is -1.18. The number of esters is 1. The maximum atomic E-state index is 11.8. The summed E-state index contributed by atoms with van der Waals surface area (Å²) in [6.07, 6.45) is 0. The summed E-state index contributed by atoms with van der Waals surface area (Å²) in [5.41, 5.74) is -0.522. The number of carbonyl (C=O) groups is 1. The second kappa shape index (κ2) is 4.99. The van der Waals surface area contributed by atoms with Gasteiger partial charge in [-0.3, -0.25) is 10.1 Å². The lowest BCUT2D eigenvalue weighted by atomic mass is 10.1. The van der Waals surface area contributed by atoms with Crippen LogP contribution < -0.4 is 0 Å². The molecule has 1 rings (SSSR count). The summed E-state index contributed by atoms with van der Waals surface area (Å²) in [7, 11) is 0. The molecule has 0 saturated carbocycles. The van der Waals surface area contributed by atoms with Crippen LogP contribution in [-0.4, -0.2) is 16.5 Å². The van der Waals surface area contributed by atoms with Crippen molar-refractivity contribution in [2.24, 2.45) is 0 Å². The smallest absolute Gasteiger partial charge is 0.339 e. The van der Waals surface area contributed by atoms with Crippen LogP contribution >= 0.6 is 22.6 Å². The molecule has 1 aromatic rings. The van der Waals surface area contributed by atoms with Crippen LogP contribution in [0.3, 0.4) is 0 Å². The van der Waals surface area contributed by atoms with Crippen molar-refractivity contribution in [1.82, 2.24) is 0 Å². The van der Waals surface area contributed by atoms with Gasteiger partial charge >= 0.3 is 5.97 Å². The highest BCUT2D eigenvalue weighted by Gasteiger charge is 2.21. The Morgan fingerprint density at radius 3 is 2.47 bits per heavy atom. The number of non-ortho nitro benzene ring substituents is 1. The SMILES string of the molecule is CC(C)(C)OC(=O)c1cc([N+](=O)[O-])ccc1I. The fraction of sp³-hybridized carbons (Fsp3) is 0.364. The Morgan fingerprint density at radius 1 is 1.41 bits per heavy atom. The molecule has 1 aromatic carbocycles. The minimum absolute atomic E-state index is 0.119. The summed E-state index contributed by atoms with van der Waals surface area (Å²) >= 11 is 1.94. The van der Waals surface area contributed by atoms with Crippen molar-refractivity contribution in [2.75, 3.05) is 0 Å². The van der Waals surface area contributed by atoms with Crippen molar-refractivity contribution >= 4 is 34.2 Å². The molecule has 0 unspecified atom stereocenters. The largest absolute Gasteiger partial charge is 0.456 e. The molecule has 0 amide bonds. The summed E-state index contributed by atoms with van der Waals surface area (Å²) in [5, 5.41) is 10.6. The number of carbonyl (C=O) groups excluding carboxylic acids is 1. The number of ether oxygens (including phenoxy) is 1. The predicted molar refractivity (Wildman–Crippen MR) is 71.0 cm³/mol. The van der Waals surface area contributed by atoms with Gasteiger partial charge in [0.05, 0.1) is 10.5 Å². The van der Waals surface area contributed by atoms with E-state index in [1.165, 1.54) is 18.2 Å². The van der Waals surface area contributed by atoms with Crippen molar-refractivity contribution < 1.29 is 14.5 Å². The van der Waals surface area contributed by atoms with Gasteiger partial charge in [0.15, 0.2) is 0 Å². The third-order valence-electron chi connectivity index (χ3n) is 1.78. The summed E-state index contributed by atoms with van der Waals surface area (Å²) in [4.78, 5) is 21.9. The molecule has 0 fully saturated rings. The highest BCUT2D eigenvalue weighted by molar-refractivity contribution is 14.1. The van der Waals surface area contributed by atoms with Crippen LogP contribution in [0.1, 0.15) is 31.1 Å². The van der Waals surface area contributed by atoms with Gasteiger partial charge < -0.3 is 4.74 Å². The van der Waals surface area contributed by atoms with Crippen molar-refractivity contribution in [3.63, 3.8) is 0 Å². The lowest BCUT2D eigenvalue weighted by molar-refractivity contribution is -0.384. The summed E-state index contributed by atoms with van der Waals surface area (Å²) in [6.45, 7) is 5.24. The van der Waals surface area contributed by atoms with Crippen LogP contribution in [0.5, 0.6) is 0 Å². The van der Waals surface area contributed by atoms with E-state index in [-0.39, 0.29) is 11.3 Å². The third kappa shape index (κ3) is 3.95. The molecule has 0 atom stereocenters. The molecule has 0 aliphatic heterocycles. The van der Waals surface area contributed by atoms with E-state index in [9.17, 15) is 14.9 Å². The highest BCUT2D eigenvalue weighted by atomic mass is 127. The average Bonchev–Trinajstić information content (AvgIpc) is 2.14. The molecule has 92 valence electrons. The van der Waals surface area contributed by atoms with E-state index < -0.39 is 16.5 Å². The maximum absolute atomic E-state index is 11.8. The predicted octanol–water partition coefficient (Wildman–Crippen LogP) is 3.15. The average molecular weight is 349 g/mol. The minimum atomic E-state index is -0.620. The fourth-order valence-corrected chi connectivity index (χ4v) is 1.67. The van der Waals surface area contributed by atoms with E-state index in [0.717, 1.165) is 0 Å². The van der Waals surface area contributed by atoms with Crippen LogP contribution in [-0.2, 0) is 4.74 Å². The number of halogens is 1. The first-order chi connectivity index (χ1) is 7.70. The number of nitrogens with zero attached hydrogens (tertiary/aromatic N) is 1. The van der Waals surface area contributed by atoms with Crippen molar-refractivity contribution in [3.05, 3.63) is 37.4 Å². The van der Waals surface area contributed by atoms with E-state index >= 15 is 0 Å². The fourth-order valence-electron chi connectivity index (χ4n) is 1.12. The Bertz CT molecular complexity index is 465. The number of hydrogen-bond acceptors (Lipinski definition) is 4. The molecule has 0 N–H and O–H groups in total. The minimum Gasteiger partial charge on any atom is -0.456 e. The van der Waals surface area contributed by atoms with Gasteiger partial charge in [-0.1, -0.05) is 0 Å². The van der Waals surface area contributed by atoms with Crippen molar-refractivity contribution in [2.45, 2.75) is 26.4 Å². The van der Waals surface area contributed by atoms with Gasteiger partial charge in [0, 0.05) is 15.7 Å². The number of nitro benzene ring substituents is 1. The molecule has 0 saturated heterocycles. The van der Waals surface area contributed by atoms with Crippen LogP contribution in [0.2, 0.25) is 0 Å². The number of nitro groups is 1. The lowest BCUT2D eigenvalue weighted by Gasteiger charge is -2.19. The molecule has 0 radical (unpaired) electrons. The van der Waals surface area contributed by atoms with Crippen LogP contribution in [0, 0.1) is 13.7 Å². The van der Waals surface area contributed by atoms with Gasteiger partial charge in [-0.25, -0.2) is 4.79 Å². The Balaban J connectivity index is 3.08. The van der Waals surface area contributed by atoms with E-state index in [2.05, 4.69) is 0 Å². The monoisotopic (exact) mass is 349 g/mol. The molecular weight excluding hydrogens is 337 g/mol. The Labute approximate surface area is 112 Å². The van der Waals surface area contributed by atoms with Gasteiger partial charge in [0.1, 0.15) is 5.60 Å². The maximum Gasteiger partial charge on any atom is 0.339 e. The summed E-state index contributed by atoms with van der Waals surface area (Å²) < 4.78 is 5.80. The van der Waals surface area contributed by atoms with Crippen molar-refractivity contribution in [3.8, 4) is 0 Å². The topological polar surface area (TPSA) is 69.4 Å². The molecule has 0 aliphatic carbocycles. The normalized spacial score (nSPS) is 11.1. The van der Waals surface area contributed by atoms with Crippen molar-refractivity contribution in [1.29, 1.82) is 0 Å². The summed E-state index contributed by atoms with van der Waals surface area (Å²) in [5.74, 6) is -0.550. The first kappa shape index (κ1) is 13.9. The zero-order valence-electron chi connectivity index (χ0n) is 9.69. The lowest BCUT2D eigenvalue weighted by Crippen LogP contribution is -2.24. The second-order valence-corrected chi connectivity index (χ2v) is 5.59. The van der Waals surface area contributed by atoms with Gasteiger partial charge in [0.2, 0.25) is 0 Å². The number of rotatable bonds is 2. The first-order valence-electron chi connectivity index (χ1n) is 4.88. The second-order valence-electron chi connectivity index (χ2n) is 4.42. The Morgan fingerprint density at radius 2 is 2.00 bits per heavy atom. The first-order valence-corrected chi connectivity index (χ1v) is 5.96. The Kier molecular flexibility index (Phi) is 4.07. The van der Waals surface area contributed by atoms with Crippen LogP contribution in [0.15, 0.2) is 18.2 Å². The number of hydrogen-bond donors (Lipinski definition) is 0.